The summed E-state index contributed by atoms with van der Waals surface area (Å²) in [7, 11) is 0. The van der Waals surface area contributed by atoms with E-state index in [4.69, 9.17) is 0 Å². The van der Waals surface area contributed by atoms with Crippen LogP contribution in [0.3, 0.4) is 0 Å². The van der Waals surface area contributed by atoms with Gasteiger partial charge in [-0.1, -0.05) is 39.5 Å². The predicted octanol–water partition coefficient (Wildman–Crippen LogP) is 3.86. The second-order valence-electron chi connectivity index (χ2n) is 4.99. The van der Waals surface area contributed by atoms with Crippen LogP contribution in [-0.2, 0) is 0 Å². The molecule has 0 spiro atoms. The van der Waals surface area contributed by atoms with Crippen LogP contribution in [0.4, 0.5) is 0 Å². The largest absolute Gasteiger partial charge is 0.0651 e. The lowest BCUT2D eigenvalue weighted by Crippen LogP contribution is -2.19. The third-order valence-electron chi connectivity index (χ3n) is 4.39. The molecule has 12 heavy (non-hydrogen) atoms. The average molecular weight is 166 g/mol. The second kappa shape index (κ2) is 3.40. The van der Waals surface area contributed by atoms with Crippen molar-refractivity contribution < 1.29 is 0 Å². The summed E-state index contributed by atoms with van der Waals surface area (Å²) in [6, 6.07) is 0. The summed E-state index contributed by atoms with van der Waals surface area (Å²) in [5.41, 5.74) is 0. The van der Waals surface area contributed by atoms with Crippen molar-refractivity contribution in [1.82, 2.24) is 0 Å². The maximum atomic E-state index is 2.48. The molecule has 0 N–H and O–H groups in total. The molecule has 2 aliphatic carbocycles. The Labute approximate surface area is 76.7 Å². The predicted molar refractivity (Wildman–Crippen MR) is 53.0 cm³/mol. The minimum absolute atomic E-state index is 1.03. The van der Waals surface area contributed by atoms with Gasteiger partial charge in [-0.05, 0) is 36.5 Å². The van der Waals surface area contributed by atoms with Crippen LogP contribution in [-0.4, -0.2) is 0 Å². The summed E-state index contributed by atoms with van der Waals surface area (Å²) in [5.74, 6) is 4.36. The van der Waals surface area contributed by atoms with Crippen LogP contribution >= 0.6 is 0 Å². The quantitative estimate of drug-likeness (QED) is 0.555. The molecule has 0 saturated heterocycles. The molecule has 0 aromatic carbocycles. The third kappa shape index (κ3) is 1.30. The highest BCUT2D eigenvalue weighted by Crippen LogP contribution is 2.49. The molecule has 0 heteroatoms. The van der Waals surface area contributed by atoms with Gasteiger partial charge < -0.3 is 0 Å². The Balaban J connectivity index is 2.05. The van der Waals surface area contributed by atoms with Crippen LogP contribution in [0.15, 0.2) is 0 Å². The zero-order valence-electron chi connectivity index (χ0n) is 8.55. The maximum Gasteiger partial charge on any atom is -0.0355 e. The van der Waals surface area contributed by atoms with Gasteiger partial charge in [0.25, 0.3) is 0 Å². The fraction of sp³-hybridized carbons (Fsp3) is 1.00. The van der Waals surface area contributed by atoms with Crippen molar-refractivity contribution in [3.8, 4) is 0 Å². The van der Waals surface area contributed by atoms with Gasteiger partial charge in [-0.3, -0.25) is 0 Å². The van der Waals surface area contributed by atoms with Crippen LogP contribution in [0.25, 0.3) is 0 Å². The first-order chi connectivity index (χ1) is 5.83. The van der Waals surface area contributed by atoms with Gasteiger partial charge in [0, 0.05) is 0 Å². The van der Waals surface area contributed by atoms with E-state index in [2.05, 4.69) is 13.8 Å². The van der Waals surface area contributed by atoms with E-state index in [1.165, 1.54) is 19.3 Å². The highest BCUT2D eigenvalue weighted by atomic mass is 14.5. The topological polar surface area (TPSA) is 0 Å². The molecule has 0 aromatic rings. The summed E-state index contributed by atoms with van der Waals surface area (Å²) in [4.78, 5) is 0. The van der Waals surface area contributed by atoms with Gasteiger partial charge in [0.15, 0.2) is 0 Å². The molecule has 0 aromatic heterocycles. The Kier molecular flexibility index (Phi) is 2.43. The molecule has 2 saturated carbocycles. The van der Waals surface area contributed by atoms with Crippen molar-refractivity contribution in [2.24, 2.45) is 23.7 Å². The van der Waals surface area contributed by atoms with Gasteiger partial charge in [-0.25, -0.2) is 0 Å². The van der Waals surface area contributed by atoms with E-state index in [0.717, 1.165) is 23.7 Å². The molecule has 0 aliphatic heterocycles. The maximum absolute atomic E-state index is 2.48. The number of hydrogen-bond acceptors (Lipinski definition) is 0. The third-order valence-corrected chi connectivity index (χ3v) is 4.39. The van der Waals surface area contributed by atoms with E-state index in [1.807, 2.05) is 0 Å². The first-order valence-corrected chi connectivity index (χ1v) is 5.83. The summed E-state index contributed by atoms with van der Waals surface area (Å²) in [5, 5.41) is 0. The Hall–Kier alpha value is 0. The fourth-order valence-corrected chi connectivity index (χ4v) is 3.87. The van der Waals surface area contributed by atoms with Gasteiger partial charge in [-0.2, -0.15) is 0 Å². The monoisotopic (exact) mass is 166 g/mol. The van der Waals surface area contributed by atoms with Crippen molar-refractivity contribution in [2.45, 2.75) is 52.4 Å². The zero-order valence-corrected chi connectivity index (χ0v) is 8.55. The smallest absolute Gasteiger partial charge is 0.0355 e. The molecular weight excluding hydrogens is 144 g/mol. The highest BCUT2D eigenvalue weighted by Gasteiger charge is 2.40. The summed E-state index contributed by atoms with van der Waals surface area (Å²) in [6.07, 6.45) is 9.11. The molecule has 4 unspecified atom stereocenters. The van der Waals surface area contributed by atoms with E-state index < -0.39 is 0 Å². The molecule has 2 aliphatic rings. The summed E-state index contributed by atoms with van der Waals surface area (Å²) < 4.78 is 0. The van der Waals surface area contributed by atoms with E-state index in [-0.39, 0.29) is 0 Å². The molecular formula is C12H22. The van der Waals surface area contributed by atoms with Gasteiger partial charge in [0.1, 0.15) is 0 Å². The molecule has 4 atom stereocenters. The van der Waals surface area contributed by atoms with Crippen molar-refractivity contribution in [3.05, 3.63) is 0 Å². The van der Waals surface area contributed by atoms with Crippen molar-refractivity contribution in [3.63, 3.8) is 0 Å². The Morgan fingerprint density at radius 1 is 1.17 bits per heavy atom. The van der Waals surface area contributed by atoms with Crippen molar-refractivity contribution in [2.75, 3.05) is 0 Å². The Bertz CT molecular complexity index is 150. The van der Waals surface area contributed by atoms with Crippen LogP contribution in [0.5, 0.6) is 0 Å². The van der Waals surface area contributed by atoms with Gasteiger partial charge in [0.05, 0.1) is 0 Å². The van der Waals surface area contributed by atoms with Crippen LogP contribution in [0.1, 0.15) is 52.4 Å². The van der Waals surface area contributed by atoms with Gasteiger partial charge in [-0.15, -0.1) is 0 Å². The molecule has 0 bridgehead atoms. The fourth-order valence-electron chi connectivity index (χ4n) is 3.87. The minimum atomic E-state index is 1.03. The summed E-state index contributed by atoms with van der Waals surface area (Å²) >= 11 is 0. The van der Waals surface area contributed by atoms with Crippen LogP contribution in [0, 0.1) is 23.7 Å². The number of hydrogen-bond donors (Lipinski definition) is 0. The molecule has 2 fully saturated rings. The lowest BCUT2D eigenvalue weighted by Gasteiger charge is -2.29. The number of rotatable bonds is 1. The summed E-state index contributed by atoms with van der Waals surface area (Å²) in [6.45, 7) is 4.87. The van der Waals surface area contributed by atoms with Crippen molar-refractivity contribution in [1.29, 1.82) is 0 Å². The lowest BCUT2D eigenvalue weighted by molar-refractivity contribution is 0.216. The average Bonchev–Trinajstić information content (AvgIpc) is 2.40. The molecule has 0 heterocycles. The van der Waals surface area contributed by atoms with E-state index in [1.54, 1.807) is 19.3 Å². The first-order valence-electron chi connectivity index (χ1n) is 5.83. The van der Waals surface area contributed by atoms with Crippen LogP contribution in [0.2, 0.25) is 0 Å². The van der Waals surface area contributed by atoms with Gasteiger partial charge >= 0.3 is 0 Å². The Morgan fingerprint density at radius 2 is 1.92 bits per heavy atom. The molecule has 2 rings (SSSR count). The van der Waals surface area contributed by atoms with Crippen molar-refractivity contribution >= 4 is 0 Å². The lowest BCUT2D eigenvalue weighted by atomic mass is 9.77. The molecule has 70 valence electrons. The molecule has 0 amide bonds. The molecule has 0 radical (unpaired) electrons. The van der Waals surface area contributed by atoms with E-state index in [9.17, 15) is 0 Å². The SMILES string of the molecule is CCC1C(C)CC2CCCCC21. The second-order valence-corrected chi connectivity index (χ2v) is 4.99. The molecule has 0 nitrogen and oxygen atoms in total. The minimum Gasteiger partial charge on any atom is -0.0651 e. The van der Waals surface area contributed by atoms with E-state index in [0.29, 0.717) is 0 Å². The highest BCUT2D eigenvalue weighted by molar-refractivity contribution is 4.90. The van der Waals surface area contributed by atoms with Gasteiger partial charge in [0.2, 0.25) is 0 Å². The zero-order chi connectivity index (χ0) is 8.55. The van der Waals surface area contributed by atoms with Crippen LogP contribution < -0.4 is 0 Å². The van der Waals surface area contributed by atoms with E-state index >= 15 is 0 Å². The number of fused-ring (bicyclic) bond motifs is 1. The first kappa shape index (κ1) is 8.59. The Morgan fingerprint density at radius 3 is 2.67 bits per heavy atom. The standard InChI is InChI=1S/C12H22/c1-3-11-9(2)8-10-6-4-5-7-12(10)11/h9-12H,3-8H2,1-2H3. The normalized spacial score (nSPS) is 47.5.